The van der Waals surface area contributed by atoms with E-state index < -0.39 is 0 Å². The van der Waals surface area contributed by atoms with Crippen LogP contribution < -0.4 is 10.3 Å². The third-order valence-electron chi connectivity index (χ3n) is 2.92. The van der Waals surface area contributed by atoms with Gasteiger partial charge in [0.15, 0.2) is 0 Å². The summed E-state index contributed by atoms with van der Waals surface area (Å²) < 4.78 is 0. The molecule has 2 heterocycles. The molecular weight excluding hydrogens is 206 g/mol. The summed E-state index contributed by atoms with van der Waals surface area (Å²) in [7, 11) is 0. The van der Waals surface area contributed by atoms with Gasteiger partial charge >= 0.3 is 0 Å². The highest BCUT2D eigenvalue weighted by Crippen LogP contribution is 2.38. The molecule has 1 aromatic rings. The minimum atomic E-state index is 1.07. The van der Waals surface area contributed by atoms with Gasteiger partial charge in [-0.2, -0.15) is 0 Å². The average Bonchev–Trinajstić information content (AvgIpc) is 2.74. The molecule has 3 rings (SSSR count). The third-order valence-corrected chi connectivity index (χ3v) is 3.95. The van der Waals surface area contributed by atoms with Crippen LogP contribution in [0.4, 0.5) is 5.69 Å². The number of nitrogens with zero attached hydrogens (tertiary/aromatic N) is 2. The number of benzene rings is 1. The van der Waals surface area contributed by atoms with Crippen molar-refractivity contribution in [2.75, 3.05) is 37.1 Å². The lowest BCUT2D eigenvalue weighted by Crippen LogP contribution is -2.51. The van der Waals surface area contributed by atoms with E-state index in [1.54, 1.807) is 0 Å². The van der Waals surface area contributed by atoms with Crippen molar-refractivity contribution in [1.29, 1.82) is 0 Å². The first-order valence-electron chi connectivity index (χ1n) is 5.40. The maximum atomic E-state index is 3.39. The number of hydrogen-bond acceptors (Lipinski definition) is 4. The Morgan fingerprint density at radius 2 is 1.93 bits per heavy atom. The highest BCUT2D eigenvalue weighted by molar-refractivity contribution is 7.99. The molecule has 3 nitrogen and oxygen atoms in total. The standard InChI is InChI=1S/C11H15N3S/c1-2-4-11-10(3-1)14(9-15-11)13-7-5-12-6-8-13/h1-4,12H,5-9H2. The van der Waals surface area contributed by atoms with Gasteiger partial charge in [-0.25, -0.2) is 5.01 Å². The lowest BCUT2D eigenvalue weighted by molar-refractivity contribution is 0.230. The van der Waals surface area contributed by atoms with E-state index in [0.717, 1.165) is 32.1 Å². The second-order valence-electron chi connectivity index (χ2n) is 3.84. The summed E-state index contributed by atoms with van der Waals surface area (Å²) in [6, 6.07) is 8.67. The molecule has 0 spiro atoms. The lowest BCUT2D eigenvalue weighted by Gasteiger charge is -2.36. The Hall–Kier alpha value is -0.710. The van der Waals surface area contributed by atoms with Crippen molar-refractivity contribution in [3.8, 4) is 0 Å². The van der Waals surface area contributed by atoms with E-state index in [4.69, 9.17) is 0 Å². The van der Waals surface area contributed by atoms with Crippen LogP contribution in [0.5, 0.6) is 0 Å². The van der Waals surface area contributed by atoms with Gasteiger partial charge in [-0.3, -0.25) is 5.01 Å². The largest absolute Gasteiger partial charge is 0.314 e. The van der Waals surface area contributed by atoms with E-state index in [2.05, 4.69) is 39.6 Å². The molecule has 4 heteroatoms. The fourth-order valence-electron chi connectivity index (χ4n) is 2.12. The third kappa shape index (κ3) is 1.73. The smallest absolute Gasteiger partial charge is 0.0849 e. The van der Waals surface area contributed by atoms with Crippen molar-refractivity contribution in [2.24, 2.45) is 0 Å². The first-order valence-corrected chi connectivity index (χ1v) is 6.39. The van der Waals surface area contributed by atoms with Crippen molar-refractivity contribution in [1.82, 2.24) is 10.3 Å². The predicted octanol–water partition coefficient (Wildman–Crippen LogP) is 1.38. The van der Waals surface area contributed by atoms with Gasteiger partial charge in [-0.1, -0.05) is 12.1 Å². The van der Waals surface area contributed by atoms with Crippen LogP contribution in [-0.4, -0.2) is 37.1 Å². The molecular formula is C11H15N3S. The summed E-state index contributed by atoms with van der Waals surface area (Å²) in [5.41, 5.74) is 1.38. The number of thioether (sulfide) groups is 1. The zero-order valence-corrected chi connectivity index (χ0v) is 9.46. The van der Waals surface area contributed by atoms with Crippen LogP contribution >= 0.6 is 11.8 Å². The van der Waals surface area contributed by atoms with Crippen LogP contribution in [0.1, 0.15) is 0 Å². The van der Waals surface area contributed by atoms with E-state index in [1.165, 1.54) is 10.6 Å². The highest BCUT2D eigenvalue weighted by atomic mass is 32.2. The Morgan fingerprint density at radius 1 is 1.13 bits per heavy atom. The molecule has 0 saturated carbocycles. The molecule has 1 fully saturated rings. The Balaban J connectivity index is 1.83. The van der Waals surface area contributed by atoms with Crippen LogP contribution in [0.2, 0.25) is 0 Å². The first-order chi connectivity index (χ1) is 7.45. The van der Waals surface area contributed by atoms with Gasteiger partial charge < -0.3 is 5.32 Å². The number of anilines is 1. The Labute approximate surface area is 94.4 Å². The van der Waals surface area contributed by atoms with E-state index in [-0.39, 0.29) is 0 Å². The maximum absolute atomic E-state index is 3.39. The zero-order chi connectivity index (χ0) is 10.1. The van der Waals surface area contributed by atoms with Gasteiger partial charge in [0.1, 0.15) is 0 Å². The SMILES string of the molecule is c1ccc2c(c1)SCN2N1CCNCC1. The number of rotatable bonds is 1. The van der Waals surface area contributed by atoms with Crippen LogP contribution in [0.25, 0.3) is 0 Å². The van der Waals surface area contributed by atoms with Crippen molar-refractivity contribution in [3.63, 3.8) is 0 Å². The Morgan fingerprint density at radius 3 is 2.80 bits per heavy atom. The molecule has 2 aliphatic rings. The number of fused-ring (bicyclic) bond motifs is 1. The molecule has 0 amide bonds. The molecule has 0 unspecified atom stereocenters. The molecule has 2 aliphatic heterocycles. The second-order valence-corrected chi connectivity index (χ2v) is 4.83. The zero-order valence-electron chi connectivity index (χ0n) is 8.65. The second kappa shape index (κ2) is 4.04. The molecule has 0 aromatic heterocycles. The van der Waals surface area contributed by atoms with Crippen molar-refractivity contribution >= 4 is 17.4 Å². The fraction of sp³-hybridized carbons (Fsp3) is 0.455. The average molecular weight is 221 g/mol. The number of piperazine rings is 1. The summed E-state index contributed by atoms with van der Waals surface area (Å²) in [4.78, 5) is 1.41. The van der Waals surface area contributed by atoms with Gasteiger partial charge in [-0.05, 0) is 12.1 Å². The molecule has 1 aromatic carbocycles. The fourth-order valence-corrected chi connectivity index (χ4v) is 3.18. The van der Waals surface area contributed by atoms with E-state index >= 15 is 0 Å². The van der Waals surface area contributed by atoms with Crippen molar-refractivity contribution < 1.29 is 0 Å². The quantitative estimate of drug-likeness (QED) is 0.772. The summed E-state index contributed by atoms with van der Waals surface area (Å²) in [6.07, 6.45) is 0. The van der Waals surface area contributed by atoms with Crippen LogP contribution in [0.15, 0.2) is 29.2 Å². The molecule has 0 radical (unpaired) electrons. The summed E-state index contributed by atoms with van der Waals surface area (Å²) >= 11 is 1.93. The summed E-state index contributed by atoms with van der Waals surface area (Å²) in [5, 5.41) is 8.26. The lowest BCUT2D eigenvalue weighted by atomic mass is 10.3. The summed E-state index contributed by atoms with van der Waals surface area (Å²) in [6.45, 7) is 4.44. The van der Waals surface area contributed by atoms with Crippen molar-refractivity contribution in [3.05, 3.63) is 24.3 Å². The van der Waals surface area contributed by atoms with Gasteiger partial charge in [0.2, 0.25) is 0 Å². The van der Waals surface area contributed by atoms with Gasteiger partial charge in [0.05, 0.1) is 11.6 Å². The number of nitrogens with one attached hydrogen (secondary N) is 1. The molecule has 0 aliphatic carbocycles. The predicted molar refractivity (Wildman–Crippen MR) is 64.1 cm³/mol. The van der Waals surface area contributed by atoms with Gasteiger partial charge in [0, 0.05) is 31.1 Å². The molecule has 15 heavy (non-hydrogen) atoms. The maximum Gasteiger partial charge on any atom is 0.0849 e. The number of para-hydroxylation sites is 1. The van der Waals surface area contributed by atoms with Gasteiger partial charge in [-0.15, -0.1) is 11.8 Å². The van der Waals surface area contributed by atoms with Crippen LogP contribution in [0.3, 0.4) is 0 Å². The monoisotopic (exact) mass is 221 g/mol. The minimum Gasteiger partial charge on any atom is -0.314 e. The number of hydrazine groups is 1. The summed E-state index contributed by atoms with van der Waals surface area (Å²) in [5.74, 6) is 1.07. The molecule has 0 atom stereocenters. The van der Waals surface area contributed by atoms with E-state index in [1.807, 2.05) is 11.8 Å². The first kappa shape index (κ1) is 9.51. The Kier molecular flexibility index (Phi) is 2.56. The molecule has 80 valence electrons. The topological polar surface area (TPSA) is 18.5 Å². The highest BCUT2D eigenvalue weighted by Gasteiger charge is 2.25. The van der Waals surface area contributed by atoms with E-state index in [9.17, 15) is 0 Å². The molecule has 1 saturated heterocycles. The minimum absolute atomic E-state index is 1.07. The van der Waals surface area contributed by atoms with Gasteiger partial charge in [0.25, 0.3) is 0 Å². The Bertz CT molecular complexity index is 349. The molecule has 1 N–H and O–H groups in total. The van der Waals surface area contributed by atoms with Crippen LogP contribution in [-0.2, 0) is 0 Å². The molecule has 0 bridgehead atoms. The van der Waals surface area contributed by atoms with Crippen LogP contribution in [0, 0.1) is 0 Å². The number of hydrogen-bond donors (Lipinski definition) is 1. The normalized spacial score (nSPS) is 21.7. The van der Waals surface area contributed by atoms with Crippen molar-refractivity contribution in [2.45, 2.75) is 4.90 Å². The van der Waals surface area contributed by atoms with E-state index in [0.29, 0.717) is 0 Å².